The zero-order valence-electron chi connectivity index (χ0n) is 7.92. The Hall–Kier alpha value is -1.52. The van der Waals surface area contributed by atoms with E-state index in [-0.39, 0.29) is 17.5 Å². The van der Waals surface area contributed by atoms with E-state index in [9.17, 15) is 9.90 Å². The van der Waals surface area contributed by atoms with Crippen molar-refractivity contribution in [2.24, 2.45) is 11.7 Å². The summed E-state index contributed by atoms with van der Waals surface area (Å²) in [5.74, 6) is 0.146. The van der Waals surface area contributed by atoms with E-state index in [1.165, 1.54) is 6.08 Å². The first kappa shape index (κ1) is 10.6. The van der Waals surface area contributed by atoms with Crippen LogP contribution in [0.3, 0.4) is 0 Å². The van der Waals surface area contributed by atoms with Crippen LogP contribution in [0, 0.1) is 11.3 Å². The molecule has 78 valence electrons. The molecule has 1 rings (SSSR count). The average Bonchev–Trinajstić information content (AvgIpc) is 2.53. The van der Waals surface area contributed by atoms with Crippen molar-refractivity contribution < 1.29 is 9.90 Å². The number of nitrogens with one attached hydrogen (secondary N) is 2. The fourth-order valence-electron chi connectivity index (χ4n) is 1.66. The molecule has 0 unspecified atom stereocenters. The highest BCUT2D eigenvalue weighted by Gasteiger charge is 2.19. The second-order valence-corrected chi connectivity index (χ2v) is 3.45. The minimum atomic E-state index is -0.787. The Morgan fingerprint density at radius 1 is 1.50 bits per heavy atom. The SMILES string of the molecule is N=C(/C=C(\O)C1CCCC1)NC(N)=O. The number of carbonyl (C=O) groups excluding carboxylic acids is 1. The molecular weight excluding hydrogens is 182 g/mol. The molecule has 0 saturated heterocycles. The molecule has 1 aliphatic carbocycles. The van der Waals surface area contributed by atoms with Crippen molar-refractivity contribution in [1.29, 1.82) is 5.41 Å². The third kappa shape index (κ3) is 3.08. The fourth-order valence-corrected chi connectivity index (χ4v) is 1.66. The smallest absolute Gasteiger partial charge is 0.317 e. The lowest BCUT2D eigenvalue weighted by Gasteiger charge is -2.07. The first-order valence-electron chi connectivity index (χ1n) is 4.65. The minimum Gasteiger partial charge on any atom is -0.512 e. The van der Waals surface area contributed by atoms with Gasteiger partial charge in [0.25, 0.3) is 0 Å². The number of allylic oxidation sites excluding steroid dienone is 1. The van der Waals surface area contributed by atoms with Crippen LogP contribution in [0.25, 0.3) is 0 Å². The van der Waals surface area contributed by atoms with E-state index in [0.29, 0.717) is 0 Å². The third-order valence-electron chi connectivity index (χ3n) is 2.32. The number of aliphatic hydroxyl groups is 1. The molecule has 1 aliphatic rings. The minimum absolute atomic E-state index is 0.144. The van der Waals surface area contributed by atoms with Gasteiger partial charge in [-0.15, -0.1) is 0 Å². The molecule has 5 heteroatoms. The maximum Gasteiger partial charge on any atom is 0.317 e. The normalized spacial score (nSPS) is 18.1. The Kier molecular flexibility index (Phi) is 3.50. The fraction of sp³-hybridized carbons (Fsp3) is 0.556. The molecular formula is C9H15N3O2. The molecule has 1 fully saturated rings. The predicted octanol–water partition coefficient (Wildman–Crippen LogP) is 1.26. The summed E-state index contributed by atoms with van der Waals surface area (Å²) in [6.45, 7) is 0. The highest BCUT2D eigenvalue weighted by atomic mass is 16.3. The van der Waals surface area contributed by atoms with Gasteiger partial charge in [-0.3, -0.25) is 10.7 Å². The Morgan fingerprint density at radius 2 is 2.07 bits per heavy atom. The van der Waals surface area contributed by atoms with Gasteiger partial charge in [-0.05, 0) is 12.8 Å². The van der Waals surface area contributed by atoms with Crippen LogP contribution in [0.1, 0.15) is 25.7 Å². The first-order valence-corrected chi connectivity index (χ1v) is 4.65. The van der Waals surface area contributed by atoms with E-state index in [2.05, 4.69) is 5.32 Å². The van der Waals surface area contributed by atoms with Crippen molar-refractivity contribution in [3.8, 4) is 0 Å². The molecule has 0 aromatic rings. The molecule has 0 atom stereocenters. The molecule has 2 amide bonds. The molecule has 0 aromatic heterocycles. The summed E-state index contributed by atoms with van der Waals surface area (Å²) in [6, 6.07) is -0.787. The number of hydrogen-bond donors (Lipinski definition) is 4. The van der Waals surface area contributed by atoms with Crippen LogP contribution in [0.15, 0.2) is 11.8 Å². The lowest BCUT2D eigenvalue weighted by molar-refractivity contribution is 0.253. The van der Waals surface area contributed by atoms with Gasteiger partial charge in [-0.2, -0.15) is 0 Å². The zero-order chi connectivity index (χ0) is 10.6. The summed E-state index contributed by atoms with van der Waals surface area (Å²) in [7, 11) is 0. The second kappa shape index (κ2) is 4.64. The van der Waals surface area contributed by atoms with Gasteiger partial charge in [-0.25, -0.2) is 4.79 Å². The second-order valence-electron chi connectivity index (χ2n) is 3.45. The van der Waals surface area contributed by atoms with Crippen LogP contribution in [0.4, 0.5) is 4.79 Å². The Morgan fingerprint density at radius 3 is 2.57 bits per heavy atom. The van der Waals surface area contributed by atoms with Gasteiger partial charge in [0.05, 0.1) is 5.76 Å². The lowest BCUT2D eigenvalue weighted by Crippen LogP contribution is -2.33. The number of primary amides is 1. The van der Waals surface area contributed by atoms with Crippen molar-refractivity contribution in [3.63, 3.8) is 0 Å². The van der Waals surface area contributed by atoms with Crippen molar-refractivity contribution in [2.75, 3.05) is 0 Å². The Labute approximate surface area is 82.5 Å². The molecule has 0 radical (unpaired) electrons. The van der Waals surface area contributed by atoms with Crippen molar-refractivity contribution in [1.82, 2.24) is 5.32 Å². The van der Waals surface area contributed by atoms with Crippen molar-refractivity contribution >= 4 is 11.9 Å². The van der Waals surface area contributed by atoms with Gasteiger partial charge in [0.2, 0.25) is 0 Å². The number of amides is 2. The number of urea groups is 1. The maximum atomic E-state index is 10.4. The number of carbonyl (C=O) groups is 1. The van der Waals surface area contributed by atoms with E-state index in [0.717, 1.165) is 25.7 Å². The quantitative estimate of drug-likeness (QED) is 0.304. The largest absolute Gasteiger partial charge is 0.512 e. The monoisotopic (exact) mass is 197 g/mol. The molecule has 0 aliphatic heterocycles. The topological polar surface area (TPSA) is 99.2 Å². The van der Waals surface area contributed by atoms with Crippen LogP contribution in [0.5, 0.6) is 0 Å². The number of hydrogen-bond acceptors (Lipinski definition) is 3. The summed E-state index contributed by atoms with van der Waals surface area (Å²) in [5.41, 5.74) is 4.82. The van der Waals surface area contributed by atoms with Gasteiger partial charge in [0.15, 0.2) is 0 Å². The molecule has 0 spiro atoms. The van der Waals surface area contributed by atoms with E-state index >= 15 is 0 Å². The molecule has 0 aromatic carbocycles. The van der Waals surface area contributed by atoms with Crippen LogP contribution in [-0.2, 0) is 0 Å². The lowest BCUT2D eigenvalue weighted by atomic mass is 10.1. The Balaban J connectivity index is 2.49. The number of aliphatic hydroxyl groups excluding tert-OH is 1. The average molecular weight is 197 g/mol. The summed E-state index contributed by atoms with van der Waals surface area (Å²) < 4.78 is 0. The zero-order valence-corrected chi connectivity index (χ0v) is 7.92. The first-order chi connectivity index (χ1) is 6.59. The molecule has 1 saturated carbocycles. The van der Waals surface area contributed by atoms with E-state index in [4.69, 9.17) is 11.1 Å². The van der Waals surface area contributed by atoms with Gasteiger partial charge >= 0.3 is 6.03 Å². The van der Waals surface area contributed by atoms with Gasteiger partial charge in [-0.1, -0.05) is 12.8 Å². The summed E-state index contributed by atoms with van der Waals surface area (Å²) in [4.78, 5) is 10.4. The number of rotatable bonds is 2. The number of nitrogens with two attached hydrogens (primary N) is 1. The van der Waals surface area contributed by atoms with Crippen LogP contribution >= 0.6 is 0 Å². The van der Waals surface area contributed by atoms with Crippen molar-refractivity contribution in [2.45, 2.75) is 25.7 Å². The van der Waals surface area contributed by atoms with Crippen LogP contribution in [0.2, 0.25) is 0 Å². The molecule has 5 nitrogen and oxygen atoms in total. The molecule has 5 N–H and O–H groups in total. The predicted molar refractivity (Wildman–Crippen MR) is 53.1 cm³/mol. The summed E-state index contributed by atoms with van der Waals surface area (Å²) in [5, 5.41) is 18.9. The standard InChI is InChI=1S/C9H15N3O2/c10-8(12-9(11)14)5-7(13)6-3-1-2-4-6/h5-6,13H,1-4H2,(H4,10,11,12,14)/b7-5-. The maximum absolute atomic E-state index is 10.4. The Bertz CT molecular complexity index is 267. The highest BCUT2D eigenvalue weighted by molar-refractivity contribution is 6.01. The number of amidine groups is 1. The van der Waals surface area contributed by atoms with Crippen LogP contribution in [-0.4, -0.2) is 17.0 Å². The van der Waals surface area contributed by atoms with Gasteiger partial charge < -0.3 is 10.8 Å². The van der Waals surface area contributed by atoms with Crippen molar-refractivity contribution in [3.05, 3.63) is 11.8 Å². The molecule has 0 bridgehead atoms. The van der Waals surface area contributed by atoms with Crippen LogP contribution < -0.4 is 11.1 Å². The molecule has 14 heavy (non-hydrogen) atoms. The van der Waals surface area contributed by atoms with E-state index in [1.807, 2.05) is 0 Å². The highest BCUT2D eigenvalue weighted by Crippen LogP contribution is 2.29. The van der Waals surface area contributed by atoms with Gasteiger partial charge in [0, 0.05) is 12.0 Å². The van der Waals surface area contributed by atoms with E-state index in [1.54, 1.807) is 0 Å². The van der Waals surface area contributed by atoms with Gasteiger partial charge in [0.1, 0.15) is 5.84 Å². The third-order valence-corrected chi connectivity index (χ3v) is 2.32. The molecule has 0 heterocycles. The summed E-state index contributed by atoms with van der Waals surface area (Å²) >= 11 is 0. The van der Waals surface area contributed by atoms with E-state index < -0.39 is 6.03 Å². The summed E-state index contributed by atoms with van der Waals surface area (Å²) in [6.07, 6.45) is 5.37.